The van der Waals surface area contributed by atoms with Crippen LogP contribution in [0.2, 0.25) is 0 Å². The number of benzene rings is 3. The van der Waals surface area contributed by atoms with Crippen molar-refractivity contribution in [3.05, 3.63) is 89.5 Å². The third-order valence-electron chi connectivity index (χ3n) is 4.76. The third-order valence-corrected chi connectivity index (χ3v) is 6.57. The molecule has 0 spiro atoms. The van der Waals surface area contributed by atoms with Gasteiger partial charge in [-0.1, -0.05) is 48.5 Å². The van der Waals surface area contributed by atoms with Crippen molar-refractivity contribution in [3.8, 4) is 5.75 Å². The molecule has 0 heterocycles. The monoisotopic (exact) mass is 438 g/mol. The molecule has 162 valence electrons. The molecule has 0 aliphatic heterocycles. The van der Waals surface area contributed by atoms with E-state index in [1.165, 1.54) is 11.4 Å². The van der Waals surface area contributed by atoms with E-state index < -0.39 is 15.9 Å². The van der Waals surface area contributed by atoms with E-state index in [1.807, 2.05) is 62.4 Å². The summed E-state index contributed by atoms with van der Waals surface area (Å²) >= 11 is 0. The number of hydrogen-bond acceptors (Lipinski definition) is 4. The Balaban J connectivity index is 1.94. The Morgan fingerprint density at radius 2 is 1.65 bits per heavy atom. The van der Waals surface area contributed by atoms with Gasteiger partial charge in [-0.3, -0.25) is 4.79 Å². The average molecular weight is 439 g/mol. The van der Waals surface area contributed by atoms with Gasteiger partial charge >= 0.3 is 0 Å². The summed E-state index contributed by atoms with van der Waals surface area (Å²) in [4.78, 5) is 12.8. The van der Waals surface area contributed by atoms with Gasteiger partial charge in [-0.15, -0.1) is 0 Å². The predicted molar refractivity (Wildman–Crippen MR) is 122 cm³/mol. The van der Waals surface area contributed by atoms with E-state index in [4.69, 9.17) is 4.74 Å². The molecule has 0 bridgehead atoms. The molecule has 0 fully saturated rings. The lowest BCUT2D eigenvalue weighted by Gasteiger charge is -2.23. The maximum Gasteiger partial charge on any atom is 0.247 e. The first-order chi connectivity index (χ1) is 14.8. The van der Waals surface area contributed by atoms with Crippen molar-refractivity contribution in [2.45, 2.75) is 25.3 Å². The number of sulfonamides is 1. The molecule has 3 aromatic rings. The number of aryl methyl sites for hydroxylation is 2. The molecule has 0 saturated heterocycles. The quantitative estimate of drug-likeness (QED) is 0.574. The van der Waals surface area contributed by atoms with Gasteiger partial charge in [-0.2, -0.15) is 4.31 Å². The fourth-order valence-corrected chi connectivity index (χ4v) is 4.85. The van der Waals surface area contributed by atoms with Gasteiger partial charge in [0.05, 0.1) is 13.7 Å². The maximum atomic E-state index is 13.6. The zero-order valence-corrected chi connectivity index (χ0v) is 18.6. The molecule has 0 aliphatic rings. The Morgan fingerprint density at radius 1 is 0.935 bits per heavy atom. The van der Waals surface area contributed by atoms with Gasteiger partial charge in [0.25, 0.3) is 0 Å². The highest BCUT2D eigenvalue weighted by atomic mass is 32.2. The summed E-state index contributed by atoms with van der Waals surface area (Å²) in [5.41, 5.74) is 3.18. The van der Waals surface area contributed by atoms with Crippen LogP contribution in [0.5, 0.6) is 5.75 Å². The number of hydrogen-bond donors (Lipinski definition) is 1. The second kappa shape index (κ2) is 9.76. The third kappa shape index (κ3) is 5.71. The number of nitrogens with zero attached hydrogens (tertiary/aromatic N) is 1. The Labute approximate surface area is 183 Å². The van der Waals surface area contributed by atoms with Crippen LogP contribution in [-0.4, -0.2) is 32.3 Å². The van der Waals surface area contributed by atoms with Gasteiger partial charge in [0.15, 0.2) is 0 Å². The van der Waals surface area contributed by atoms with Crippen LogP contribution in [0.3, 0.4) is 0 Å². The summed E-state index contributed by atoms with van der Waals surface area (Å²) in [6.07, 6.45) is 0. The molecule has 0 radical (unpaired) electrons. The van der Waals surface area contributed by atoms with E-state index in [0.717, 1.165) is 16.7 Å². The number of methoxy groups -OCH3 is 1. The number of rotatable bonds is 8. The summed E-state index contributed by atoms with van der Waals surface area (Å²) in [5.74, 6) is -0.181. The van der Waals surface area contributed by atoms with Crippen molar-refractivity contribution >= 4 is 21.6 Å². The fraction of sp³-hybridized carbons (Fsp3) is 0.208. The zero-order chi connectivity index (χ0) is 22.4. The molecule has 31 heavy (non-hydrogen) atoms. The lowest BCUT2D eigenvalue weighted by molar-refractivity contribution is -0.116. The first kappa shape index (κ1) is 22.5. The van der Waals surface area contributed by atoms with E-state index in [9.17, 15) is 13.2 Å². The zero-order valence-electron chi connectivity index (χ0n) is 17.8. The Kier molecular flexibility index (Phi) is 7.09. The second-order valence-corrected chi connectivity index (χ2v) is 9.24. The molecule has 0 atom stereocenters. The summed E-state index contributed by atoms with van der Waals surface area (Å²) in [5, 5.41) is 2.79. The smallest absolute Gasteiger partial charge is 0.247 e. The predicted octanol–water partition coefficient (Wildman–Crippen LogP) is 4.14. The first-order valence-electron chi connectivity index (χ1n) is 9.85. The number of ether oxygens (including phenoxy) is 1. The molecular weight excluding hydrogens is 412 g/mol. The van der Waals surface area contributed by atoms with Crippen molar-refractivity contribution in [3.63, 3.8) is 0 Å². The maximum absolute atomic E-state index is 13.6. The van der Waals surface area contributed by atoms with Crippen molar-refractivity contribution in [1.82, 2.24) is 4.31 Å². The van der Waals surface area contributed by atoms with Crippen LogP contribution in [0.1, 0.15) is 16.7 Å². The summed E-state index contributed by atoms with van der Waals surface area (Å²) in [7, 11) is -2.59. The van der Waals surface area contributed by atoms with Crippen LogP contribution in [0, 0.1) is 13.8 Å². The minimum atomic E-state index is -4.01. The highest BCUT2D eigenvalue weighted by molar-refractivity contribution is 7.89. The van der Waals surface area contributed by atoms with Crippen LogP contribution in [-0.2, 0) is 21.4 Å². The number of carbonyl (C=O) groups is 1. The van der Waals surface area contributed by atoms with Crippen molar-refractivity contribution < 1.29 is 17.9 Å². The standard InChI is InChI=1S/C24H26N2O4S/c1-18-8-7-11-21(14-18)25-24(27)17-26(16-20-9-5-4-6-10-20)31(28,29)23-15-19(2)12-13-22(23)30-3/h4-15H,16-17H2,1-3H3,(H,25,27). The molecule has 0 aromatic heterocycles. The average Bonchev–Trinajstić information content (AvgIpc) is 2.74. The second-order valence-electron chi connectivity index (χ2n) is 7.33. The Morgan fingerprint density at radius 3 is 2.32 bits per heavy atom. The minimum Gasteiger partial charge on any atom is -0.495 e. The highest BCUT2D eigenvalue weighted by Gasteiger charge is 2.30. The molecule has 7 heteroatoms. The van der Waals surface area contributed by atoms with Gasteiger partial charge in [0.2, 0.25) is 15.9 Å². The normalized spacial score (nSPS) is 11.4. The number of amides is 1. The summed E-state index contributed by atoms with van der Waals surface area (Å²) in [6, 6.07) is 21.5. The van der Waals surface area contributed by atoms with Gasteiger partial charge in [0.1, 0.15) is 10.6 Å². The van der Waals surface area contributed by atoms with Crippen LogP contribution in [0.15, 0.2) is 77.7 Å². The number of carbonyl (C=O) groups excluding carboxylic acids is 1. The van der Waals surface area contributed by atoms with E-state index >= 15 is 0 Å². The lowest BCUT2D eigenvalue weighted by atomic mass is 10.2. The highest BCUT2D eigenvalue weighted by Crippen LogP contribution is 2.28. The first-order valence-corrected chi connectivity index (χ1v) is 11.3. The molecule has 0 saturated carbocycles. The van der Waals surface area contributed by atoms with Gasteiger partial charge in [0, 0.05) is 12.2 Å². The SMILES string of the molecule is COc1ccc(C)cc1S(=O)(=O)N(CC(=O)Nc1cccc(C)c1)Cc1ccccc1. The van der Waals surface area contributed by atoms with Crippen molar-refractivity contribution in [1.29, 1.82) is 0 Å². The van der Waals surface area contributed by atoms with Crippen LogP contribution < -0.4 is 10.1 Å². The van der Waals surface area contributed by atoms with E-state index in [0.29, 0.717) is 5.69 Å². The van der Waals surface area contributed by atoms with Gasteiger partial charge in [-0.25, -0.2) is 8.42 Å². The molecule has 1 N–H and O–H groups in total. The van der Waals surface area contributed by atoms with Crippen LogP contribution in [0.25, 0.3) is 0 Å². The number of nitrogens with one attached hydrogen (secondary N) is 1. The fourth-order valence-electron chi connectivity index (χ4n) is 3.22. The Bertz CT molecular complexity index is 1160. The van der Waals surface area contributed by atoms with E-state index in [2.05, 4.69) is 5.32 Å². The van der Waals surface area contributed by atoms with Gasteiger partial charge < -0.3 is 10.1 Å². The molecule has 3 rings (SSSR count). The molecule has 6 nitrogen and oxygen atoms in total. The van der Waals surface area contributed by atoms with Crippen molar-refractivity contribution in [2.75, 3.05) is 19.0 Å². The Hall–Kier alpha value is -3.16. The molecule has 0 aliphatic carbocycles. The van der Waals surface area contributed by atoms with E-state index in [-0.39, 0.29) is 23.7 Å². The van der Waals surface area contributed by atoms with E-state index in [1.54, 1.807) is 24.3 Å². The lowest BCUT2D eigenvalue weighted by Crippen LogP contribution is -2.37. The summed E-state index contributed by atoms with van der Waals surface area (Å²) < 4.78 is 33.6. The topological polar surface area (TPSA) is 75.7 Å². The summed E-state index contributed by atoms with van der Waals surface area (Å²) in [6.45, 7) is 3.46. The minimum absolute atomic E-state index is 0.0364. The van der Waals surface area contributed by atoms with Crippen molar-refractivity contribution in [2.24, 2.45) is 0 Å². The molecule has 1 amide bonds. The molecule has 3 aromatic carbocycles. The molecule has 0 unspecified atom stereocenters. The van der Waals surface area contributed by atoms with Crippen LogP contribution in [0.4, 0.5) is 5.69 Å². The molecular formula is C24H26N2O4S. The van der Waals surface area contributed by atoms with Crippen LogP contribution >= 0.6 is 0 Å². The van der Waals surface area contributed by atoms with Gasteiger partial charge in [-0.05, 0) is 54.8 Å². The number of anilines is 1. The largest absolute Gasteiger partial charge is 0.495 e.